The Bertz CT molecular complexity index is 185. The Morgan fingerprint density at radius 2 is 1.88 bits per heavy atom. The molecule has 0 bridgehead atoms. The molecule has 3 nitrogen and oxygen atoms in total. The molecule has 0 aromatic heterocycles. The monoisotopic (exact) mass is 229 g/mol. The number of carbonyl (C=O) groups excluding carboxylic acids is 1. The van der Waals surface area contributed by atoms with Crippen LogP contribution < -0.4 is 5.32 Å². The van der Waals surface area contributed by atoms with Gasteiger partial charge in [0.25, 0.3) is 0 Å². The molecular formula is C13H27NO2. The summed E-state index contributed by atoms with van der Waals surface area (Å²) in [7, 11) is 0. The number of carbonyl (C=O) groups is 1. The second-order valence-electron chi connectivity index (χ2n) is 5.12. The van der Waals surface area contributed by atoms with E-state index >= 15 is 0 Å². The summed E-state index contributed by atoms with van der Waals surface area (Å²) in [5.41, 5.74) is -0.0432. The van der Waals surface area contributed by atoms with Crippen molar-refractivity contribution in [1.82, 2.24) is 5.32 Å². The maximum Gasteiger partial charge on any atom is 0.219 e. The van der Waals surface area contributed by atoms with Crippen LogP contribution in [0.3, 0.4) is 0 Å². The first kappa shape index (κ1) is 15.4. The van der Waals surface area contributed by atoms with Gasteiger partial charge >= 0.3 is 0 Å². The summed E-state index contributed by atoms with van der Waals surface area (Å²) in [4.78, 5) is 11.3. The molecule has 0 atom stereocenters. The lowest BCUT2D eigenvalue weighted by Gasteiger charge is -2.19. The fraction of sp³-hybridized carbons (Fsp3) is 0.923. The third-order valence-corrected chi connectivity index (χ3v) is 2.16. The molecule has 1 amide bonds. The number of ether oxygens (including phenoxy) is 1. The molecule has 3 heteroatoms. The minimum absolute atomic E-state index is 0.0432. The summed E-state index contributed by atoms with van der Waals surface area (Å²) in [5.74, 6) is 0.179. The third-order valence-electron chi connectivity index (χ3n) is 2.16. The molecule has 0 radical (unpaired) electrons. The zero-order valence-corrected chi connectivity index (χ0v) is 11.3. The van der Waals surface area contributed by atoms with Crippen molar-refractivity contribution in [2.45, 2.75) is 65.4 Å². The molecule has 0 saturated carbocycles. The summed E-state index contributed by atoms with van der Waals surface area (Å²) in [6.07, 6.45) is 4.72. The van der Waals surface area contributed by atoms with Crippen LogP contribution in [0.4, 0.5) is 0 Å². The molecular weight excluding hydrogens is 202 g/mol. The Morgan fingerprint density at radius 3 is 2.44 bits per heavy atom. The van der Waals surface area contributed by atoms with Crippen LogP contribution in [0.15, 0.2) is 0 Å². The lowest BCUT2D eigenvalue weighted by molar-refractivity contribution is -0.121. The first-order chi connectivity index (χ1) is 7.45. The van der Waals surface area contributed by atoms with E-state index in [1.165, 1.54) is 0 Å². The summed E-state index contributed by atoms with van der Waals surface area (Å²) >= 11 is 0. The average Bonchev–Trinajstić information content (AvgIpc) is 2.18. The van der Waals surface area contributed by atoms with Gasteiger partial charge < -0.3 is 10.1 Å². The number of rotatable bonds is 8. The lowest BCUT2D eigenvalue weighted by Crippen LogP contribution is -2.23. The predicted molar refractivity (Wildman–Crippen MR) is 67.5 cm³/mol. The molecule has 1 N–H and O–H groups in total. The maximum atomic E-state index is 11.3. The molecule has 0 aliphatic heterocycles. The summed E-state index contributed by atoms with van der Waals surface area (Å²) < 4.78 is 5.60. The molecule has 0 aromatic rings. The van der Waals surface area contributed by atoms with Crippen LogP contribution in [-0.4, -0.2) is 24.7 Å². The van der Waals surface area contributed by atoms with Crippen LogP contribution in [0.25, 0.3) is 0 Å². The highest BCUT2D eigenvalue weighted by Crippen LogP contribution is 2.08. The number of unbranched alkanes of at least 4 members (excludes halogenated alkanes) is 2. The topological polar surface area (TPSA) is 38.3 Å². The zero-order valence-electron chi connectivity index (χ0n) is 11.3. The largest absolute Gasteiger partial charge is 0.376 e. The highest BCUT2D eigenvalue weighted by atomic mass is 16.5. The molecule has 0 heterocycles. The van der Waals surface area contributed by atoms with Gasteiger partial charge in [-0.15, -0.1) is 0 Å². The molecule has 0 spiro atoms. The van der Waals surface area contributed by atoms with Crippen LogP contribution in [0.1, 0.15) is 59.8 Å². The van der Waals surface area contributed by atoms with E-state index in [0.29, 0.717) is 6.42 Å². The van der Waals surface area contributed by atoms with E-state index in [2.05, 4.69) is 33.0 Å². The second kappa shape index (κ2) is 8.57. The Balaban J connectivity index is 3.24. The van der Waals surface area contributed by atoms with Crippen LogP contribution in [0, 0.1) is 0 Å². The third kappa shape index (κ3) is 11.5. The fourth-order valence-electron chi connectivity index (χ4n) is 1.30. The van der Waals surface area contributed by atoms with Crippen molar-refractivity contribution >= 4 is 5.91 Å². The van der Waals surface area contributed by atoms with E-state index in [1.807, 2.05) is 0 Å². The smallest absolute Gasteiger partial charge is 0.219 e. The minimum Gasteiger partial charge on any atom is -0.376 e. The molecule has 0 aromatic carbocycles. The van der Waals surface area contributed by atoms with Gasteiger partial charge in [-0.1, -0.05) is 13.3 Å². The second-order valence-corrected chi connectivity index (χ2v) is 5.12. The predicted octanol–water partition coefficient (Wildman–Crippen LogP) is 2.89. The van der Waals surface area contributed by atoms with E-state index < -0.39 is 0 Å². The minimum atomic E-state index is -0.0432. The average molecular weight is 229 g/mol. The number of hydrogen-bond acceptors (Lipinski definition) is 2. The normalized spacial score (nSPS) is 11.5. The Labute approximate surface area is 99.9 Å². The van der Waals surface area contributed by atoms with Gasteiger partial charge in [0.1, 0.15) is 0 Å². The molecule has 0 aliphatic carbocycles. The summed E-state index contributed by atoms with van der Waals surface area (Å²) in [5, 5.41) is 2.88. The van der Waals surface area contributed by atoms with E-state index in [9.17, 15) is 4.79 Å². The van der Waals surface area contributed by atoms with Gasteiger partial charge in [0.15, 0.2) is 0 Å². The number of amides is 1. The Kier molecular flexibility index (Phi) is 8.26. The van der Waals surface area contributed by atoms with Gasteiger partial charge in [-0.3, -0.25) is 4.79 Å². The highest BCUT2D eigenvalue weighted by Gasteiger charge is 2.08. The van der Waals surface area contributed by atoms with Gasteiger partial charge in [0, 0.05) is 19.6 Å². The van der Waals surface area contributed by atoms with Gasteiger partial charge in [-0.05, 0) is 40.0 Å². The molecule has 0 unspecified atom stereocenters. The van der Waals surface area contributed by atoms with E-state index in [1.54, 1.807) is 0 Å². The molecule has 16 heavy (non-hydrogen) atoms. The van der Waals surface area contributed by atoms with Crippen molar-refractivity contribution in [3.8, 4) is 0 Å². The SMILES string of the molecule is CCCNC(=O)CCCCCOC(C)(C)C. The van der Waals surface area contributed by atoms with Gasteiger partial charge in [-0.25, -0.2) is 0 Å². The number of nitrogens with one attached hydrogen (secondary N) is 1. The Hall–Kier alpha value is -0.570. The molecule has 0 rings (SSSR count). The number of hydrogen-bond donors (Lipinski definition) is 1. The first-order valence-corrected chi connectivity index (χ1v) is 6.36. The standard InChI is InChI=1S/C13H27NO2/c1-5-10-14-12(15)9-7-6-8-11-16-13(2,3)4/h5-11H2,1-4H3,(H,14,15). The summed E-state index contributed by atoms with van der Waals surface area (Å²) in [6.45, 7) is 9.83. The molecule has 0 saturated heterocycles. The lowest BCUT2D eigenvalue weighted by atomic mass is 10.1. The van der Waals surface area contributed by atoms with Crippen molar-refractivity contribution in [2.24, 2.45) is 0 Å². The fourth-order valence-corrected chi connectivity index (χ4v) is 1.30. The van der Waals surface area contributed by atoms with Crippen LogP contribution >= 0.6 is 0 Å². The van der Waals surface area contributed by atoms with Crippen LogP contribution in [0.2, 0.25) is 0 Å². The molecule has 0 aliphatic rings. The van der Waals surface area contributed by atoms with Gasteiger partial charge in [0.2, 0.25) is 5.91 Å². The van der Waals surface area contributed by atoms with Crippen LogP contribution in [-0.2, 0) is 9.53 Å². The summed E-state index contributed by atoms with van der Waals surface area (Å²) in [6, 6.07) is 0. The first-order valence-electron chi connectivity index (χ1n) is 6.36. The van der Waals surface area contributed by atoms with E-state index in [0.717, 1.165) is 38.8 Å². The Morgan fingerprint density at radius 1 is 1.19 bits per heavy atom. The highest BCUT2D eigenvalue weighted by molar-refractivity contribution is 5.75. The maximum absolute atomic E-state index is 11.3. The van der Waals surface area contributed by atoms with Crippen molar-refractivity contribution < 1.29 is 9.53 Å². The van der Waals surface area contributed by atoms with Crippen molar-refractivity contribution in [1.29, 1.82) is 0 Å². The van der Waals surface area contributed by atoms with Crippen molar-refractivity contribution in [2.75, 3.05) is 13.2 Å². The quantitative estimate of drug-likeness (QED) is 0.650. The molecule has 0 fully saturated rings. The van der Waals surface area contributed by atoms with Gasteiger partial charge in [0.05, 0.1) is 5.60 Å². The van der Waals surface area contributed by atoms with E-state index in [4.69, 9.17) is 4.74 Å². The van der Waals surface area contributed by atoms with Gasteiger partial charge in [-0.2, -0.15) is 0 Å². The van der Waals surface area contributed by atoms with Crippen LogP contribution in [0.5, 0.6) is 0 Å². The van der Waals surface area contributed by atoms with E-state index in [-0.39, 0.29) is 11.5 Å². The van der Waals surface area contributed by atoms with Crippen molar-refractivity contribution in [3.63, 3.8) is 0 Å². The van der Waals surface area contributed by atoms with Crippen molar-refractivity contribution in [3.05, 3.63) is 0 Å². The zero-order chi connectivity index (χ0) is 12.4. The molecule has 96 valence electrons.